The molecule has 20 heavy (non-hydrogen) atoms. The lowest BCUT2D eigenvalue weighted by atomic mass is 10.4. The number of nitrogens with zero attached hydrogens (tertiary/aromatic N) is 1. The van der Waals surface area contributed by atoms with Crippen molar-refractivity contribution in [2.24, 2.45) is 0 Å². The molecule has 8 nitrogen and oxygen atoms in total. The summed E-state index contributed by atoms with van der Waals surface area (Å²) < 4.78 is 36.7. The van der Waals surface area contributed by atoms with Crippen LogP contribution in [0.25, 0.3) is 0 Å². The minimum Gasteiger partial charge on any atom is -0.382 e. The fraction of sp³-hybridized carbons (Fsp3) is 0.727. The van der Waals surface area contributed by atoms with E-state index in [2.05, 4.69) is 20.2 Å². The van der Waals surface area contributed by atoms with Gasteiger partial charge < -0.3 is 14.8 Å². The molecule has 9 heteroatoms. The number of aromatic amines is 1. The highest BCUT2D eigenvalue weighted by Gasteiger charge is 2.19. The van der Waals surface area contributed by atoms with Crippen LogP contribution in [0.15, 0.2) is 11.2 Å². The molecule has 0 spiro atoms. The molecule has 3 N–H and O–H groups in total. The Labute approximate surface area is 119 Å². The highest BCUT2D eigenvalue weighted by Crippen LogP contribution is 2.11. The van der Waals surface area contributed by atoms with Crippen molar-refractivity contribution in [3.05, 3.63) is 11.8 Å². The second-order valence-electron chi connectivity index (χ2n) is 4.11. The van der Waals surface area contributed by atoms with Gasteiger partial charge in [0.15, 0.2) is 5.03 Å². The summed E-state index contributed by atoms with van der Waals surface area (Å²) in [6.07, 6.45) is 2.09. The molecule has 0 unspecified atom stereocenters. The number of methoxy groups -OCH3 is 1. The fourth-order valence-corrected chi connectivity index (χ4v) is 2.75. The molecule has 1 rings (SSSR count). The predicted octanol–water partition coefficient (Wildman–Crippen LogP) is -0.539. The molecule has 0 aliphatic rings. The van der Waals surface area contributed by atoms with Crippen LogP contribution in [-0.4, -0.2) is 59.1 Å². The van der Waals surface area contributed by atoms with Gasteiger partial charge in [0, 0.05) is 32.4 Å². The Bertz CT molecular complexity index is 475. The lowest BCUT2D eigenvalue weighted by molar-refractivity contribution is 0.0699. The van der Waals surface area contributed by atoms with Gasteiger partial charge in [-0.05, 0) is 13.5 Å². The van der Waals surface area contributed by atoms with Crippen LogP contribution in [0.4, 0.5) is 0 Å². The standard InChI is InChI=1S/C11H22N4O4S/c1-12-8-10-9-13-15-11(10)20(16,17)14-4-3-5-19-7-6-18-2/h9,12,14H,3-8H2,1-2H3,(H,13,15). The average molecular weight is 306 g/mol. The molecular weight excluding hydrogens is 284 g/mol. The van der Waals surface area contributed by atoms with Crippen molar-refractivity contribution in [1.29, 1.82) is 0 Å². The second kappa shape index (κ2) is 9.03. The summed E-state index contributed by atoms with van der Waals surface area (Å²) in [6, 6.07) is 0. The fourth-order valence-electron chi connectivity index (χ4n) is 1.55. The molecule has 0 atom stereocenters. The van der Waals surface area contributed by atoms with Crippen molar-refractivity contribution in [2.75, 3.05) is 40.5 Å². The summed E-state index contributed by atoms with van der Waals surface area (Å²) in [5, 5.41) is 9.27. The van der Waals surface area contributed by atoms with E-state index in [9.17, 15) is 8.42 Å². The monoisotopic (exact) mass is 306 g/mol. The molecule has 0 saturated heterocycles. The van der Waals surface area contributed by atoms with Crippen molar-refractivity contribution in [1.82, 2.24) is 20.2 Å². The van der Waals surface area contributed by atoms with E-state index in [4.69, 9.17) is 9.47 Å². The maximum absolute atomic E-state index is 12.1. The molecular formula is C11H22N4O4S. The van der Waals surface area contributed by atoms with Crippen LogP contribution in [0.2, 0.25) is 0 Å². The number of hydrogen-bond donors (Lipinski definition) is 3. The van der Waals surface area contributed by atoms with Gasteiger partial charge in [0.25, 0.3) is 10.0 Å². The van der Waals surface area contributed by atoms with Gasteiger partial charge in [-0.15, -0.1) is 0 Å². The van der Waals surface area contributed by atoms with Crippen LogP contribution >= 0.6 is 0 Å². The van der Waals surface area contributed by atoms with Crippen LogP contribution in [0.5, 0.6) is 0 Å². The maximum Gasteiger partial charge on any atom is 0.257 e. The zero-order chi connectivity index (χ0) is 14.8. The Morgan fingerprint density at radius 1 is 1.35 bits per heavy atom. The first-order valence-electron chi connectivity index (χ1n) is 6.35. The molecule has 1 aromatic rings. The first-order valence-corrected chi connectivity index (χ1v) is 7.83. The van der Waals surface area contributed by atoms with Crippen molar-refractivity contribution < 1.29 is 17.9 Å². The number of nitrogens with one attached hydrogen (secondary N) is 3. The number of rotatable bonds is 11. The first-order chi connectivity index (χ1) is 9.61. The van der Waals surface area contributed by atoms with E-state index in [1.807, 2.05) is 0 Å². The molecule has 0 aliphatic heterocycles. The minimum atomic E-state index is -3.56. The van der Waals surface area contributed by atoms with E-state index in [0.29, 0.717) is 44.9 Å². The molecule has 0 radical (unpaired) electrons. The largest absolute Gasteiger partial charge is 0.382 e. The number of ether oxygens (including phenoxy) is 2. The third kappa shape index (κ3) is 5.55. The van der Waals surface area contributed by atoms with Gasteiger partial charge in [-0.25, -0.2) is 13.1 Å². The van der Waals surface area contributed by atoms with E-state index < -0.39 is 10.0 Å². The van der Waals surface area contributed by atoms with Gasteiger partial charge in [0.1, 0.15) is 0 Å². The Morgan fingerprint density at radius 2 is 2.15 bits per heavy atom. The molecule has 1 aromatic heterocycles. The number of sulfonamides is 1. The van der Waals surface area contributed by atoms with E-state index in [-0.39, 0.29) is 5.03 Å². The Balaban J connectivity index is 2.36. The smallest absolute Gasteiger partial charge is 0.257 e. The van der Waals surface area contributed by atoms with Gasteiger partial charge in [-0.3, -0.25) is 5.10 Å². The summed E-state index contributed by atoms with van der Waals surface area (Å²) in [5.74, 6) is 0. The van der Waals surface area contributed by atoms with Crippen LogP contribution < -0.4 is 10.0 Å². The summed E-state index contributed by atoms with van der Waals surface area (Å²) >= 11 is 0. The molecule has 0 saturated carbocycles. The van der Waals surface area contributed by atoms with Crippen molar-refractivity contribution >= 4 is 10.0 Å². The summed E-state index contributed by atoms with van der Waals surface area (Å²) in [7, 11) is -0.209. The van der Waals surface area contributed by atoms with Gasteiger partial charge in [-0.2, -0.15) is 5.10 Å². The molecule has 0 amide bonds. The lowest BCUT2D eigenvalue weighted by Crippen LogP contribution is -2.27. The number of aromatic nitrogens is 2. The van der Waals surface area contributed by atoms with Crippen molar-refractivity contribution in [2.45, 2.75) is 18.0 Å². The first kappa shape index (κ1) is 17.1. The topological polar surface area (TPSA) is 105 Å². The van der Waals surface area contributed by atoms with Gasteiger partial charge in [0.2, 0.25) is 0 Å². The van der Waals surface area contributed by atoms with Crippen molar-refractivity contribution in [3.8, 4) is 0 Å². The quantitative estimate of drug-likeness (QED) is 0.474. The van der Waals surface area contributed by atoms with Crippen LogP contribution in [-0.2, 0) is 26.0 Å². The van der Waals surface area contributed by atoms with Gasteiger partial charge >= 0.3 is 0 Å². The summed E-state index contributed by atoms with van der Waals surface area (Å²) in [6.45, 7) is 2.28. The predicted molar refractivity (Wildman–Crippen MR) is 73.9 cm³/mol. The maximum atomic E-state index is 12.1. The molecule has 0 aliphatic carbocycles. The summed E-state index contributed by atoms with van der Waals surface area (Å²) in [4.78, 5) is 0. The molecule has 0 aromatic carbocycles. The average Bonchev–Trinajstić information content (AvgIpc) is 2.87. The third-order valence-electron chi connectivity index (χ3n) is 2.50. The number of hydrogen-bond acceptors (Lipinski definition) is 6. The normalized spacial score (nSPS) is 11.9. The van der Waals surface area contributed by atoms with E-state index in [0.717, 1.165) is 0 Å². The van der Waals surface area contributed by atoms with Gasteiger partial charge in [-0.1, -0.05) is 0 Å². The van der Waals surface area contributed by atoms with Gasteiger partial charge in [0.05, 0.1) is 19.4 Å². The molecule has 0 fully saturated rings. The number of H-pyrrole nitrogens is 1. The summed E-state index contributed by atoms with van der Waals surface area (Å²) in [5.41, 5.74) is 0.608. The van der Waals surface area contributed by atoms with Crippen molar-refractivity contribution in [3.63, 3.8) is 0 Å². The zero-order valence-electron chi connectivity index (χ0n) is 11.8. The highest BCUT2D eigenvalue weighted by atomic mass is 32.2. The Morgan fingerprint density at radius 3 is 2.85 bits per heavy atom. The third-order valence-corrected chi connectivity index (χ3v) is 3.98. The molecule has 0 bridgehead atoms. The Hall–Kier alpha value is -1.00. The van der Waals surface area contributed by atoms with Crippen LogP contribution in [0.3, 0.4) is 0 Å². The SMILES string of the molecule is CNCc1cn[nH]c1S(=O)(=O)NCCCOCCOC. The van der Waals surface area contributed by atoms with E-state index in [1.54, 1.807) is 14.2 Å². The van der Waals surface area contributed by atoms with E-state index in [1.165, 1.54) is 6.20 Å². The van der Waals surface area contributed by atoms with Crippen LogP contribution in [0, 0.1) is 0 Å². The minimum absolute atomic E-state index is 0.104. The Kier molecular flexibility index (Phi) is 7.70. The molecule has 1 heterocycles. The van der Waals surface area contributed by atoms with E-state index >= 15 is 0 Å². The zero-order valence-corrected chi connectivity index (χ0v) is 12.6. The lowest BCUT2D eigenvalue weighted by Gasteiger charge is -2.07. The van der Waals surface area contributed by atoms with Crippen LogP contribution in [0.1, 0.15) is 12.0 Å². The molecule has 116 valence electrons. The highest BCUT2D eigenvalue weighted by molar-refractivity contribution is 7.89. The second-order valence-corrected chi connectivity index (χ2v) is 5.81.